The number of carboxylic acids is 2. The van der Waals surface area contributed by atoms with Crippen LogP contribution in [-0.2, 0) is 16.6 Å². The Morgan fingerprint density at radius 2 is 1.28 bits per heavy atom. The van der Waals surface area contributed by atoms with E-state index < -0.39 is 11.9 Å². The maximum Gasteiger partial charge on any atom is 0.313 e. The number of aromatic amines is 2. The summed E-state index contributed by atoms with van der Waals surface area (Å²) in [5.74, 6) is 0.319. The van der Waals surface area contributed by atoms with E-state index in [2.05, 4.69) is 35.5 Å². The first-order valence-corrected chi connectivity index (χ1v) is 15.7. The Labute approximate surface area is 272 Å². The van der Waals surface area contributed by atoms with Crippen molar-refractivity contribution in [1.29, 1.82) is 0 Å². The number of carboxylic acid groups (broad SMARTS) is 2. The SMILES string of the molecule is Cn1ncc2c(-c3cc(O)cc(-c4ccc(-c5nnc(SCC(=O)O)[nH]5)o4)c3)cc(-c3ccc(-c4nnc(SCC(=O)O)[nH]4)o3)cc21. The maximum absolute atomic E-state index is 10.9. The summed E-state index contributed by atoms with van der Waals surface area (Å²) in [5, 5.41) is 50.7. The van der Waals surface area contributed by atoms with E-state index in [1.165, 1.54) is 0 Å². The zero-order valence-electron chi connectivity index (χ0n) is 24.2. The number of rotatable bonds is 11. The van der Waals surface area contributed by atoms with Crippen molar-refractivity contribution in [3.63, 3.8) is 0 Å². The van der Waals surface area contributed by atoms with Gasteiger partial charge in [-0.05, 0) is 65.7 Å². The molecule has 0 saturated carbocycles. The van der Waals surface area contributed by atoms with Crippen molar-refractivity contribution in [2.45, 2.75) is 10.3 Å². The van der Waals surface area contributed by atoms with E-state index in [-0.39, 0.29) is 17.3 Å². The number of aryl methyl sites for hydroxylation is 1. The highest BCUT2D eigenvalue weighted by molar-refractivity contribution is 8.00. The Morgan fingerprint density at radius 1 is 0.745 bits per heavy atom. The predicted molar refractivity (Wildman–Crippen MR) is 171 cm³/mol. The van der Waals surface area contributed by atoms with Crippen LogP contribution in [-0.4, -0.2) is 78.9 Å². The molecule has 0 fully saturated rings. The standard InChI is InChI=1S/C30H22N8O7S2/c1-38-20-10-16(22-3-5-24(45-22)28-33-30(37-35-28)47-13-26(42)43)9-18(19(20)11-31-38)14-6-15(8-17(39)7-14)21-2-4-23(44-21)27-32-29(36-34-27)46-12-25(40)41/h2-11,39H,12-13H2,1H3,(H,40,41)(H,42,43)(H,32,34,36)(H,33,35,37). The molecule has 0 aliphatic rings. The average molecular weight is 671 g/mol. The second kappa shape index (κ2) is 12.2. The molecule has 5 N–H and O–H groups in total. The minimum atomic E-state index is -0.966. The molecule has 236 valence electrons. The second-order valence-corrected chi connectivity index (χ2v) is 12.1. The van der Waals surface area contributed by atoms with Crippen LogP contribution in [0.15, 0.2) is 79.9 Å². The number of hydrogen-bond acceptors (Lipinski definition) is 12. The summed E-state index contributed by atoms with van der Waals surface area (Å²) in [6.45, 7) is 0. The van der Waals surface area contributed by atoms with Gasteiger partial charge in [0.05, 0.1) is 23.2 Å². The van der Waals surface area contributed by atoms with E-state index >= 15 is 0 Å². The van der Waals surface area contributed by atoms with Crippen molar-refractivity contribution in [2.24, 2.45) is 7.05 Å². The number of thioether (sulfide) groups is 2. The number of furan rings is 2. The molecule has 0 radical (unpaired) electrons. The number of nitrogens with zero attached hydrogens (tertiary/aromatic N) is 6. The van der Waals surface area contributed by atoms with Gasteiger partial charge in [0.1, 0.15) is 17.3 Å². The first-order chi connectivity index (χ1) is 22.7. The van der Waals surface area contributed by atoms with E-state index in [1.54, 1.807) is 47.3 Å². The molecule has 17 heteroatoms. The van der Waals surface area contributed by atoms with Gasteiger partial charge >= 0.3 is 11.9 Å². The Balaban J connectivity index is 1.21. The van der Waals surface area contributed by atoms with Crippen LogP contribution in [0.3, 0.4) is 0 Å². The van der Waals surface area contributed by atoms with Crippen LogP contribution in [0.25, 0.3) is 67.8 Å². The molecule has 0 saturated heterocycles. The third kappa shape index (κ3) is 6.21. The maximum atomic E-state index is 10.9. The van der Waals surface area contributed by atoms with Crippen LogP contribution >= 0.6 is 23.5 Å². The van der Waals surface area contributed by atoms with Crippen molar-refractivity contribution in [2.75, 3.05) is 11.5 Å². The molecule has 47 heavy (non-hydrogen) atoms. The Morgan fingerprint density at radius 3 is 1.85 bits per heavy atom. The minimum Gasteiger partial charge on any atom is -0.508 e. The van der Waals surface area contributed by atoms with Gasteiger partial charge in [0, 0.05) is 23.6 Å². The number of H-pyrrole nitrogens is 2. The predicted octanol–water partition coefficient (Wildman–Crippen LogP) is 5.39. The van der Waals surface area contributed by atoms with Crippen LogP contribution in [0, 0.1) is 0 Å². The topological polar surface area (TPSA) is 222 Å². The number of aromatic nitrogens is 8. The van der Waals surface area contributed by atoms with Gasteiger partial charge < -0.3 is 34.1 Å². The quantitative estimate of drug-likeness (QED) is 0.109. The van der Waals surface area contributed by atoms with Crippen molar-refractivity contribution < 1.29 is 33.7 Å². The van der Waals surface area contributed by atoms with Crippen LogP contribution in [0.5, 0.6) is 5.75 Å². The third-order valence-electron chi connectivity index (χ3n) is 6.94. The summed E-state index contributed by atoms with van der Waals surface area (Å²) in [4.78, 5) is 27.7. The molecule has 0 spiro atoms. The molecule has 5 heterocycles. The highest BCUT2D eigenvalue weighted by atomic mass is 32.2. The molecule has 7 rings (SSSR count). The number of aromatic hydroxyl groups is 1. The zero-order valence-corrected chi connectivity index (χ0v) is 25.8. The fourth-order valence-corrected chi connectivity index (χ4v) is 5.94. The Bertz CT molecular complexity index is 2280. The number of carbonyl (C=O) groups is 2. The highest BCUT2D eigenvalue weighted by Crippen LogP contribution is 2.39. The van der Waals surface area contributed by atoms with Crippen LogP contribution < -0.4 is 0 Å². The van der Waals surface area contributed by atoms with E-state index in [0.717, 1.165) is 45.6 Å². The van der Waals surface area contributed by atoms with Crippen LogP contribution in [0.2, 0.25) is 0 Å². The van der Waals surface area contributed by atoms with Crippen molar-refractivity contribution in [3.8, 4) is 62.7 Å². The van der Waals surface area contributed by atoms with E-state index in [1.807, 2.05) is 25.2 Å². The van der Waals surface area contributed by atoms with E-state index in [0.29, 0.717) is 56.1 Å². The zero-order chi connectivity index (χ0) is 32.7. The molecule has 2 aromatic carbocycles. The smallest absolute Gasteiger partial charge is 0.313 e. The summed E-state index contributed by atoms with van der Waals surface area (Å²) >= 11 is 2.03. The highest BCUT2D eigenvalue weighted by Gasteiger charge is 2.18. The lowest BCUT2D eigenvalue weighted by Crippen LogP contribution is -1.97. The van der Waals surface area contributed by atoms with Gasteiger partial charge in [-0.2, -0.15) is 5.10 Å². The van der Waals surface area contributed by atoms with Gasteiger partial charge in [0.2, 0.25) is 0 Å². The molecule has 0 aliphatic heterocycles. The van der Waals surface area contributed by atoms with Gasteiger partial charge in [0.15, 0.2) is 33.5 Å². The first-order valence-electron chi connectivity index (χ1n) is 13.8. The number of nitrogens with one attached hydrogen (secondary N) is 2. The van der Waals surface area contributed by atoms with E-state index in [9.17, 15) is 14.7 Å². The lowest BCUT2D eigenvalue weighted by molar-refractivity contribution is -0.134. The third-order valence-corrected chi connectivity index (χ3v) is 8.64. The normalized spacial score (nSPS) is 11.4. The average Bonchev–Trinajstić information content (AvgIpc) is 3.88. The molecule has 0 amide bonds. The Kier molecular flexibility index (Phi) is 7.74. The van der Waals surface area contributed by atoms with Gasteiger partial charge in [0.25, 0.3) is 0 Å². The van der Waals surface area contributed by atoms with Gasteiger partial charge in [-0.15, -0.1) is 20.4 Å². The van der Waals surface area contributed by atoms with Crippen molar-refractivity contribution >= 4 is 46.4 Å². The molecule has 5 aromatic heterocycles. The van der Waals surface area contributed by atoms with Gasteiger partial charge in [-0.1, -0.05) is 23.5 Å². The molecule has 0 bridgehead atoms. The number of phenolic OH excluding ortho intramolecular Hbond substituents is 1. The van der Waals surface area contributed by atoms with Crippen LogP contribution in [0.4, 0.5) is 0 Å². The summed E-state index contributed by atoms with van der Waals surface area (Å²) in [6, 6.07) is 16.0. The Hall–Kier alpha value is -5.81. The molecular formula is C30H22N8O7S2. The number of fused-ring (bicyclic) bond motifs is 1. The molecule has 7 aromatic rings. The van der Waals surface area contributed by atoms with Crippen molar-refractivity contribution in [1.82, 2.24) is 40.1 Å². The fourth-order valence-electron chi connectivity index (χ4n) is 4.88. The molecule has 0 aliphatic carbocycles. The fraction of sp³-hybridized carbons (Fsp3) is 0.100. The summed E-state index contributed by atoms with van der Waals surface area (Å²) in [6.07, 6.45) is 1.76. The number of hydrogen-bond donors (Lipinski definition) is 5. The van der Waals surface area contributed by atoms with Crippen molar-refractivity contribution in [3.05, 3.63) is 60.8 Å². The largest absolute Gasteiger partial charge is 0.508 e. The number of benzene rings is 2. The lowest BCUT2D eigenvalue weighted by Gasteiger charge is -2.10. The minimum absolute atomic E-state index is 0.0205. The molecule has 0 unspecified atom stereocenters. The number of phenols is 1. The van der Waals surface area contributed by atoms with Crippen LogP contribution in [0.1, 0.15) is 0 Å². The van der Waals surface area contributed by atoms with Gasteiger partial charge in [-0.25, -0.2) is 0 Å². The molecule has 0 atom stereocenters. The monoisotopic (exact) mass is 670 g/mol. The lowest BCUT2D eigenvalue weighted by atomic mass is 9.96. The first kappa shape index (κ1) is 29.9. The summed E-state index contributed by atoms with van der Waals surface area (Å²) < 4.78 is 13.9. The number of aliphatic carboxylic acids is 2. The molecule has 15 nitrogen and oxygen atoms in total. The summed E-state index contributed by atoms with van der Waals surface area (Å²) in [7, 11) is 1.83. The second-order valence-electron chi connectivity index (χ2n) is 10.1. The molecular weight excluding hydrogens is 649 g/mol. The van der Waals surface area contributed by atoms with E-state index in [4.69, 9.17) is 19.0 Å². The summed E-state index contributed by atoms with van der Waals surface area (Å²) in [5.41, 5.74) is 3.67. The van der Waals surface area contributed by atoms with Gasteiger partial charge in [-0.3, -0.25) is 14.3 Å².